The molecule has 0 unspecified atom stereocenters. The number of carbonyl (C=O) groups excluding carboxylic acids is 1. The molecule has 1 atom stereocenters. The van der Waals surface area contributed by atoms with Crippen molar-refractivity contribution >= 4 is 5.91 Å². The molecule has 0 radical (unpaired) electrons. The average molecular weight is 366 g/mol. The molecule has 3 aromatic rings. The van der Waals surface area contributed by atoms with Gasteiger partial charge < -0.3 is 9.42 Å². The van der Waals surface area contributed by atoms with Crippen molar-refractivity contribution in [3.63, 3.8) is 0 Å². The lowest BCUT2D eigenvalue weighted by Crippen LogP contribution is -2.31. The number of rotatable bonds is 4. The third kappa shape index (κ3) is 3.20. The molecule has 1 aliphatic rings. The molecule has 1 fully saturated rings. The predicted molar refractivity (Wildman–Crippen MR) is 100.0 cm³/mol. The van der Waals surface area contributed by atoms with Crippen molar-refractivity contribution in [2.45, 2.75) is 38.6 Å². The van der Waals surface area contributed by atoms with Crippen LogP contribution in [-0.4, -0.2) is 32.3 Å². The molecule has 27 heavy (non-hydrogen) atoms. The molecule has 1 amide bonds. The fourth-order valence-electron chi connectivity index (χ4n) is 3.48. The van der Waals surface area contributed by atoms with Gasteiger partial charge in [0.05, 0.1) is 11.7 Å². The number of H-pyrrole nitrogens is 1. The molecule has 7 nitrogen and oxygen atoms in total. The molecule has 4 rings (SSSR count). The molecule has 7 heteroatoms. The van der Waals surface area contributed by atoms with Crippen LogP contribution in [0.4, 0.5) is 0 Å². The van der Waals surface area contributed by atoms with E-state index in [9.17, 15) is 9.59 Å². The molecule has 0 bridgehead atoms. The number of likely N-dealkylation sites (tertiary alicyclic amines) is 1. The molecule has 1 aliphatic heterocycles. The van der Waals surface area contributed by atoms with Crippen LogP contribution in [0.25, 0.3) is 5.69 Å². The second kappa shape index (κ2) is 6.90. The van der Waals surface area contributed by atoms with Crippen molar-refractivity contribution in [3.8, 4) is 5.69 Å². The van der Waals surface area contributed by atoms with Gasteiger partial charge in [-0.05, 0) is 25.0 Å². The summed E-state index contributed by atoms with van der Waals surface area (Å²) in [7, 11) is 0. The minimum absolute atomic E-state index is 0.127. The third-order valence-corrected chi connectivity index (χ3v) is 4.94. The van der Waals surface area contributed by atoms with Crippen molar-refractivity contribution < 1.29 is 9.32 Å². The zero-order valence-electron chi connectivity index (χ0n) is 15.4. The first-order valence-corrected chi connectivity index (χ1v) is 9.19. The highest BCUT2D eigenvalue weighted by Gasteiger charge is 2.34. The molecule has 1 saturated heterocycles. The Morgan fingerprint density at radius 1 is 1.26 bits per heavy atom. The van der Waals surface area contributed by atoms with E-state index in [-0.39, 0.29) is 29.1 Å². The zero-order valence-corrected chi connectivity index (χ0v) is 15.4. The van der Waals surface area contributed by atoms with E-state index in [4.69, 9.17) is 4.52 Å². The van der Waals surface area contributed by atoms with Gasteiger partial charge in [0.1, 0.15) is 17.1 Å². The summed E-state index contributed by atoms with van der Waals surface area (Å²) < 4.78 is 6.78. The van der Waals surface area contributed by atoms with E-state index in [2.05, 4.69) is 10.3 Å². The number of para-hydroxylation sites is 1. The Bertz CT molecular complexity index is 1000. The molecule has 140 valence electrons. The Morgan fingerprint density at radius 2 is 2.04 bits per heavy atom. The second-order valence-electron chi connectivity index (χ2n) is 7.14. The number of hydrogen-bond donors (Lipinski definition) is 1. The van der Waals surface area contributed by atoms with Crippen molar-refractivity contribution in [2.75, 3.05) is 6.54 Å². The summed E-state index contributed by atoms with van der Waals surface area (Å²) in [5.74, 6) is 0.861. The first kappa shape index (κ1) is 17.3. The summed E-state index contributed by atoms with van der Waals surface area (Å²) >= 11 is 0. The van der Waals surface area contributed by atoms with Crippen LogP contribution in [0.3, 0.4) is 0 Å². The molecule has 0 spiro atoms. The first-order chi connectivity index (χ1) is 13.0. The van der Waals surface area contributed by atoms with Gasteiger partial charge in [0.2, 0.25) is 0 Å². The first-order valence-electron chi connectivity index (χ1n) is 9.19. The smallest absolute Gasteiger partial charge is 0.272 e. The number of carbonyl (C=O) groups is 1. The molecular formula is C20H22N4O3. The summed E-state index contributed by atoms with van der Waals surface area (Å²) in [5, 5.41) is 7.11. The summed E-state index contributed by atoms with van der Waals surface area (Å²) in [6.07, 6.45) is 1.73. The monoisotopic (exact) mass is 366 g/mol. The van der Waals surface area contributed by atoms with Gasteiger partial charge in [-0.3, -0.25) is 14.7 Å². The summed E-state index contributed by atoms with van der Waals surface area (Å²) in [6, 6.07) is 12.3. The van der Waals surface area contributed by atoms with E-state index in [0.717, 1.165) is 24.3 Å². The van der Waals surface area contributed by atoms with Crippen LogP contribution in [0.15, 0.2) is 51.8 Å². The molecule has 3 heterocycles. The lowest BCUT2D eigenvalue weighted by molar-refractivity contribution is 0.0724. The van der Waals surface area contributed by atoms with Crippen molar-refractivity contribution in [1.82, 2.24) is 19.8 Å². The van der Waals surface area contributed by atoms with Crippen molar-refractivity contribution in [2.24, 2.45) is 0 Å². The van der Waals surface area contributed by atoms with Crippen LogP contribution in [-0.2, 0) is 0 Å². The standard InChI is InChI=1S/C20H22N4O3/c1-13(2)18-11-15(22-27-18)17-9-6-10-23(17)20(26)16-12-19(25)24(21-16)14-7-4-3-5-8-14/h3-5,7-8,11-13,17,21H,6,9-10H2,1-2H3/t17-/m0/s1. The van der Waals surface area contributed by atoms with E-state index in [1.54, 1.807) is 4.90 Å². The zero-order chi connectivity index (χ0) is 19.0. The normalized spacial score (nSPS) is 17.0. The van der Waals surface area contributed by atoms with Crippen molar-refractivity contribution in [3.05, 3.63) is 70.0 Å². The van der Waals surface area contributed by atoms with E-state index in [1.807, 2.05) is 50.2 Å². The molecular weight excluding hydrogens is 344 g/mol. The number of amides is 1. The summed E-state index contributed by atoms with van der Waals surface area (Å²) in [4.78, 5) is 27.1. The predicted octanol–water partition coefficient (Wildman–Crippen LogP) is 3.25. The maximum Gasteiger partial charge on any atom is 0.272 e. The van der Waals surface area contributed by atoms with E-state index >= 15 is 0 Å². The number of hydrogen-bond acceptors (Lipinski definition) is 4. The average Bonchev–Trinajstić information content (AvgIpc) is 3.40. The van der Waals surface area contributed by atoms with Gasteiger partial charge >= 0.3 is 0 Å². The molecule has 2 aromatic heterocycles. The Balaban J connectivity index is 1.61. The highest BCUT2D eigenvalue weighted by atomic mass is 16.5. The van der Waals surface area contributed by atoms with Crippen LogP contribution in [0.1, 0.15) is 60.6 Å². The Labute approximate surface area is 156 Å². The van der Waals surface area contributed by atoms with E-state index < -0.39 is 0 Å². The minimum Gasteiger partial charge on any atom is -0.361 e. The van der Waals surface area contributed by atoms with Crippen molar-refractivity contribution in [1.29, 1.82) is 0 Å². The van der Waals surface area contributed by atoms with Gasteiger partial charge in [-0.1, -0.05) is 37.2 Å². The quantitative estimate of drug-likeness (QED) is 0.768. The van der Waals surface area contributed by atoms with Gasteiger partial charge in [0.25, 0.3) is 11.5 Å². The highest BCUT2D eigenvalue weighted by Crippen LogP contribution is 2.33. The fraction of sp³-hybridized carbons (Fsp3) is 0.350. The lowest BCUT2D eigenvalue weighted by Gasteiger charge is -2.22. The molecule has 0 saturated carbocycles. The summed E-state index contributed by atoms with van der Waals surface area (Å²) in [5.41, 5.74) is 1.49. The lowest BCUT2D eigenvalue weighted by atomic mass is 10.1. The van der Waals surface area contributed by atoms with Gasteiger partial charge in [-0.2, -0.15) is 0 Å². The van der Waals surface area contributed by atoms with Gasteiger partial charge in [-0.15, -0.1) is 0 Å². The van der Waals surface area contributed by atoms with E-state index in [1.165, 1.54) is 10.7 Å². The van der Waals surface area contributed by atoms with Gasteiger partial charge in [-0.25, -0.2) is 4.68 Å². The number of nitrogens with one attached hydrogen (secondary N) is 1. The Morgan fingerprint density at radius 3 is 2.74 bits per heavy atom. The van der Waals surface area contributed by atoms with E-state index in [0.29, 0.717) is 12.2 Å². The maximum absolute atomic E-state index is 13.1. The maximum atomic E-state index is 13.1. The SMILES string of the molecule is CC(C)c1cc([C@@H]2CCCN2C(=O)c2cc(=O)n(-c3ccccc3)[nH]2)no1. The third-order valence-electron chi connectivity index (χ3n) is 4.94. The number of benzene rings is 1. The molecule has 0 aliphatic carbocycles. The topological polar surface area (TPSA) is 84.1 Å². The summed E-state index contributed by atoms with van der Waals surface area (Å²) in [6.45, 7) is 4.71. The van der Waals surface area contributed by atoms with Crippen LogP contribution in [0.2, 0.25) is 0 Å². The number of aromatic nitrogens is 3. The molecule has 1 aromatic carbocycles. The van der Waals surface area contributed by atoms with Crippen LogP contribution >= 0.6 is 0 Å². The molecule has 1 N–H and O–H groups in total. The Hall–Kier alpha value is -3.09. The van der Waals surface area contributed by atoms with Gasteiger partial charge in [0, 0.05) is 24.6 Å². The minimum atomic E-state index is -0.260. The van der Waals surface area contributed by atoms with Crippen LogP contribution in [0, 0.1) is 0 Å². The largest absolute Gasteiger partial charge is 0.361 e. The van der Waals surface area contributed by atoms with Crippen LogP contribution in [0.5, 0.6) is 0 Å². The number of nitrogens with zero attached hydrogens (tertiary/aromatic N) is 3. The number of aromatic amines is 1. The van der Waals surface area contributed by atoms with Gasteiger partial charge in [0.15, 0.2) is 0 Å². The highest BCUT2D eigenvalue weighted by molar-refractivity contribution is 5.92. The van der Waals surface area contributed by atoms with Crippen LogP contribution < -0.4 is 5.56 Å². The fourth-order valence-corrected chi connectivity index (χ4v) is 3.48. The Kier molecular flexibility index (Phi) is 4.43. The second-order valence-corrected chi connectivity index (χ2v) is 7.14.